The molecule has 0 bridgehead atoms. The van der Waals surface area contributed by atoms with Crippen molar-refractivity contribution in [1.82, 2.24) is 15.1 Å². The van der Waals surface area contributed by atoms with E-state index in [4.69, 9.17) is 4.74 Å². The minimum absolute atomic E-state index is 0.0291. The van der Waals surface area contributed by atoms with Crippen LogP contribution in [0.1, 0.15) is 18.9 Å². The molecule has 25 heavy (non-hydrogen) atoms. The Balaban J connectivity index is 1.59. The highest BCUT2D eigenvalue weighted by atomic mass is 16.5. The molecule has 2 aliphatic heterocycles. The van der Waals surface area contributed by atoms with Gasteiger partial charge in [-0.15, -0.1) is 0 Å². The maximum atomic E-state index is 12.4. The van der Waals surface area contributed by atoms with Gasteiger partial charge in [0, 0.05) is 31.7 Å². The van der Waals surface area contributed by atoms with Crippen molar-refractivity contribution >= 4 is 17.4 Å². The van der Waals surface area contributed by atoms with E-state index in [1.54, 1.807) is 4.90 Å². The summed E-state index contributed by atoms with van der Waals surface area (Å²) in [6.45, 7) is 5.89. The molecule has 134 valence electrons. The van der Waals surface area contributed by atoms with Crippen molar-refractivity contribution in [3.63, 3.8) is 0 Å². The first-order valence-electron chi connectivity index (χ1n) is 8.85. The van der Waals surface area contributed by atoms with Crippen molar-refractivity contribution in [2.75, 3.05) is 45.9 Å². The molecule has 0 atom stereocenters. The highest BCUT2D eigenvalue weighted by Crippen LogP contribution is 2.30. The Morgan fingerprint density at radius 2 is 2.12 bits per heavy atom. The van der Waals surface area contributed by atoms with E-state index in [-0.39, 0.29) is 18.4 Å². The van der Waals surface area contributed by atoms with E-state index in [1.807, 2.05) is 25.1 Å². The monoisotopic (exact) mass is 343 g/mol. The van der Waals surface area contributed by atoms with Gasteiger partial charge >= 0.3 is 0 Å². The number of carbonyl (C=O) groups is 2. The molecule has 0 aromatic heterocycles. The zero-order valence-electron chi connectivity index (χ0n) is 14.7. The largest absolute Gasteiger partial charge is 0.493 e. The Kier molecular flexibility index (Phi) is 5.71. The van der Waals surface area contributed by atoms with Crippen LogP contribution in [0.15, 0.2) is 30.3 Å². The minimum atomic E-state index is -0.0760. The number of carbonyl (C=O) groups excluding carboxylic acids is 2. The Morgan fingerprint density at radius 1 is 1.28 bits per heavy atom. The normalized spacial score (nSPS) is 18.5. The van der Waals surface area contributed by atoms with Gasteiger partial charge in [0.05, 0.1) is 19.7 Å². The number of hydrogen-bond donors (Lipinski definition) is 1. The molecule has 1 aromatic rings. The van der Waals surface area contributed by atoms with E-state index in [0.29, 0.717) is 26.2 Å². The summed E-state index contributed by atoms with van der Waals surface area (Å²) in [5.74, 6) is 0.870. The third-order valence-corrected chi connectivity index (χ3v) is 4.58. The number of amides is 2. The van der Waals surface area contributed by atoms with E-state index in [9.17, 15) is 9.59 Å². The Labute approximate surface area is 148 Å². The Bertz CT molecular complexity index is 672. The number of nitrogens with zero attached hydrogens (tertiary/aromatic N) is 2. The van der Waals surface area contributed by atoms with Crippen LogP contribution in [-0.4, -0.2) is 67.5 Å². The second-order valence-electron chi connectivity index (χ2n) is 6.31. The fraction of sp³-hybridized carbons (Fsp3) is 0.474. The van der Waals surface area contributed by atoms with Crippen LogP contribution >= 0.6 is 0 Å². The Morgan fingerprint density at radius 3 is 2.84 bits per heavy atom. The second-order valence-corrected chi connectivity index (χ2v) is 6.31. The summed E-state index contributed by atoms with van der Waals surface area (Å²) in [6.07, 6.45) is 3.06. The fourth-order valence-corrected chi connectivity index (χ4v) is 3.26. The smallest absolute Gasteiger partial charge is 0.239 e. The van der Waals surface area contributed by atoms with E-state index < -0.39 is 0 Å². The summed E-state index contributed by atoms with van der Waals surface area (Å²) in [7, 11) is 0. The van der Waals surface area contributed by atoms with Gasteiger partial charge in [-0.3, -0.25) is 14.5 Å². The highest BCUT2D eigenvalue weighted by Gasteiger charge is 2.24. The third-order valence-electron chi connectivity index (χ3n) is 4.58. The van der Waals surface area contributed by atoms with Crippen molar-refractivity contribution in [1.29, 1.82) is 0 Å². The van der Waals surface area contributed by atoms with Crippen LogP contribution in [0, 0.1) is 0 Å². The van der Waals surface area contributed by atoms with Crippen molar-refractivity contribution in [3.05, 3.63) is 35.9 Å². The first-order chi connectivity index (χ1) is 12.2. The van der Waals surface area contributed by atoms with Gasteiger partial charge in [0.2, 0.25) is 11.8 Å². The molecule has 0 radical (unpaired) electrons. The van der Waals surface area contributed by atoms with E-state index in [0.717, 1.165) is 30.8 Å². The maximum Gasteiger partial charge on any atom is 0.239 e. The average molecular weight is 343 g/mol. The SMILES string of the molecule is CCOc1ccccc1C1=CCN(CC(=O)N2CCNC(=O)C2)CC1. The van der Waals surface area contributed by atoms with Crippen LogP contribution in [0.3, 0.4) is 0 Å². The predicted octanol–water partition coefficient (Wildman–Crippen LogP) is 1.13. The molecule has 1 saturated heterocycles. The van der Waals surface area contributed by atoms with Crippen LogP contribution in [0.5, 0.6) is 5.75 Å². The predicted molar refractivity (Wildman–Crippen MR) is 96.2 cm³/mol. The van der Waals surface area contributed by atoms with Crippen LogP contribution < -0.4 is 10.1 Å². The van der Waals surface area contributed by atoms with E-state index >= 15 is 0 Å². The molecule has 6 heteroatoms. The molecule has 2 heterocycles. The molecule has 2 aliphatic rings. The number of benzene rings is 1. The maximum absolute atomic E-state index is 12.4. The molecule has 2 amide bonds. The van der Waals surface area contributed by atoms with Crippen LogP contribution in [-0.2, 0) is 9.59 Å². The molecule has 1 aromatic carbocycles. The number of rotatable bonds is 5. The van der Waals surface area contributed by atoms with Crippen LogP contribution in [0.25, 0.3) is 5.57 Å². The third kappa shape index (κ3) is 4.39. The van der Waals surface area contributed by atoms with Gasteiger partial charge in [0.1, 0.15) is 5.75 Å². The summed E-state index contributed by atoms with van der Waals surface area (Å²) in [4.78, 5) is 27.5. The van der Waals surface area contributed by atoms with E-state index in [2.05, 4.69) is 22.4 Å². The summed E-state index contributed by atoms with van der Waals surface area (Å²) in [5, 5.41) is 2.74. The quantitative estimate of drug-likeness (QED) is 0.871. The lowest BCUT2D eigenvalue weighted by Crippen LogP contribution is -2.52. The van der Waals surface area contributed by atoms with Crippen molar-refractivity contribution < 1.29 is 14.3 Å². The van der Waals surface area contributed by atoms with Crippen LogP contribution in [0.2, 0.25) is 0 Å². The van der Waals surface area contributed by atoms with Gasteiger partial charge in [-0.05, 0) is 25.0 Å². The average Bonchev–Trinajstić information content (AvgIpc) is 2.63. The molecular formula is C19H25N3O3. The molecule has 0 saturated carbocycles. The summed E-state index contributed by atoms with van der Waals surface area (Å²) in [5.41, 5.74) is 2.41. The molecule has 0 aliphatic carbocycles. The second kappa shape index (κ2) is 8.16. The molecule has 3 rings (SSSR count). The lowest BCUT2D eigenvalue weighted by Gasteiger charge is -2.31. The van der Waals surface area contributed by atoms with Crippen molar-refractivity contribution in [3.8, 4) is 5.75 Å². The van der Waals surface area contributed by atoms with Gasteiger partial charge in [-0.2, -0.15) is 0 Å². The molecule has 0 spiro atoms. The first-order valence-corrected chi connectivity index (χ1v) is 8.85. The molecule has 6 nitrogen and oxygen atoms in total. The number of nitrogens with one attached hydrogen (secondary N) is 1. The zero-order chi connectivity index (χ0) is 17.6. The lowest BCUT2D eigenvalue weighted by molar-refractivity contribution is -0.139. The number of para-hydroxylation sites is 1. The first kappa shape index (κ1) is 17.5. The summed E-state index contributed by atoms with van der Waals surface area (Å²) >= 11 is 0. The van der Waals surface area contributed by atoms with E-state index in [1.165, 1.54) is 5.57 Å². The standard InChI is InChI=1S/C19H25N3O3/c1-2-25-17-6-4-3-5-16(17)15-7-10-21(11-8-15)14-19(24)22-12-9-20-18(23)13-22/h3-7H,2,8-14H2,1H3,(H,20,23). The number of piperazine rings is 1. The molecule has 1 fully saturated rings. The minimum Gasteiger partial charge on any atom is -0.493 e. The molecular weight excluding hydrogens is 318 g/mol. The Hall–Kier alpha value is -2.34. The number of hydrogen-bond acceptors (Lipinski definition) is 4. The summed E-state index contributed by atoms with van der Waals surface area (Å²) in [6, 6.07) is 8.09. The molecule has 1 N–H and O–H groups in total. The zero-order valence-corrected chi connectivity index (χ0v) is 14.7. The summed E-state index contributed by atoms with van der Waals surface area (Å²) < 4.78 is 5.72. The van der Waals surface area contributed by atoms with Gasteiger partial charge in [-0.25, -0.2) is 0 Å². The van der Waals surface area contributed by atoms with Crippen LogP contribution in [0.4, 0.5) is 0 Å². The molecule has 0 unspecified atom stereocenters. The van der Waals surface area contributed by atoms with Gasteiger partial charge < -0.3 is 15.0 Å². The van der Waals surface area contributed by atoms with Gasteiger partial charge in [-0.1, -0.05) is 24.3 Å². The number of ether oxygens (including phenoxy) is 1. The topological polar surface area (TPSA) is 61.9 Å². The van der Waals surface area contributed by atoms with Crippen molar-refractivity contribution in [2.45, 2.75) is 13.3 Å². The van der Waals surface area contributed by atoms with Gasteiger partial charge in [0.15, 0.2) is 0 Å². The lowest BCUT2D eigenvalue weighted by atomic mass is 9.98. The highest BCUT2D eigenvalue weighted by molar-refractivity contribution is 5.86. The van der Waals surface area contributed by atoms with Crippen molar-refractivity contribution in [2.24, 2.45) is 0 Å². The fourth-order valence-electron chi connectivity index (χ4n) is 3.26. The van der Waals surface area contributed by atoms with Gasteiger partial charge in [0.25, 0.3) is 0 Å².